The summed E-state index contributed by atoms with van der Waals surface area (Å²) in [5.41, 5.74) is 1.15. The van der Waals surface area contributed by atoms with Gasteiger partial charge in [0.15, 0.2) is 0 Å². The fourth-order valence-corrected chi connectivity index (χ4v) is 3.16. The zero-order chi connectivity index (χ0) is 13.9. The van der Waals surface area contributed by atoms with Crippen LogP contribution in [-0.4, -0.2) is 26.8 Å². The van der Waals surface area contributed by atoms with Gasteiger partial charge in [-0.2, -0.15) is 17.4 Å². The van der Waals surface area contributed by atoms with Gasteiger partial charge in [0, 0.05) is 30.4 Å². The number of rotatable bonds is 5. The van der Waals surface area contributed by atoms with Crippen LogP contribution in [0.2, 0.25) is 0 Å². The topological polar surface area (TPSA) is 49.4 Å². The van der Waals surface area contributed by atoms with E-state index in [2.05, 4.69) is 4.72 Å². The zero-order valence-electron chi connectivity index (χ0n) is 10.8. The Morgan fingerprint density at radius 3 is 2.42 bits per heavy atom. The molecule has 0 atom stereocenters. The van der Waals surface area contributed by atoms with Gasteiger partial charge in [0.05, 0.1) is 0 Å². The minimum atomic E-state index is -3.36. The Hall–Kier alpha value is -1.21. The van der Waals surface area contributed by atoms with Crippen LogP contribution in [0.1, 0.15) is 4.88 Å². The first-order valence-electron chi connectivity index (χ1n) is 5.80. The fraction of sp³-hybridized carbons (Fsp3) is 0.231. The van der Waals surface area contributed by atoms with Crippen LogP contribution in [0.4, 0.5) is 0 Å². The lowest BCUT2D eigenvalue weighted by Gasteiger charge is -2.11. The summed E-state index contributed by atoms with van der Waals surface area (Å²) in [5.74, 6) is 0. The number of nitrogens with zero attached hydrogens (tertiary/aromatic N) is 1. The van der Waals surface area contributed by atoms with E-state index in [1.807, 2.05) is 42.5 Å². The minimum absolute atomic E-state index is 0.317. The van der Waals surface area contributed by atoms with E-state index in [9.17, 15) is 8.42 Å². The molecule has 1 N–H and O–H groups in total. The Morgan fingerprint density at radius 1 is 1.11 bits per heavy atom. The summed E-state index contributed by atoms with van der Waals surface area (Å²) in [7, 11) is -0.350. The maximum atomic E-state index is 11.6. The van der Waals surface area contributed by atoms with Crippen molar-refractivity contribution in [2.75, 3.05) is 14.1 Å². The number of thiophene rings is 1. The van der Waals surface area contributed by atoms with Gasteiger partial charge in [-0.15, -0.1) is 11.3 Å². The van der Waals surface area contributed by atoms with E-state index in [0.29, 0.717) is 6.54 Å². The van der Waals surface area contributed by atoms with E-state index in [1.165, 1.54) is 18.4 Å². The lowest BCUT2D eigenvalue weighted by molar-refractivity contribution is 0.505. The molecular formula is C13H16N2O2S2. The van der Waals surface area contributed by atoms with Crippen molar-refractivity contribution in [3.8, 4) is 10.4 Å². The highest BCUT2D eigenvalue weighted by Crippen LogP contribution is 2.27. The molecule has 0 amide bonds. The quantitative estimate of drug-likeness (QED) is 0.920. The van der Waals surface area contributed by atoms with E-state index < -0.39 is 10.2 Å². The molecule has 0 aliphatic carbocycles. The molecule has 0 aliphatic heterocycles. The maximum Gasteiger partial charge on any atom is 0.279 e. The van der Waals surface area contributed by atoms with Crippen LogP contribution >= 0.6 is 11.3 Å². The number of hydrogen-bond donors (Lipinski definition) is 1. The molecule has 1 aromatic carbocycles. The van der Waals surface area contributed by atoms with Crippen molar-refractivity contribution in [3.05, 3.63) is 47.3 Å². The van der Waals surface area contributed by atoms with Gasteiger partial charge in [0.2, 0.25) is 0 Å². The summed E-state index contributed by atoms with van der Waals surface area (Å²) in [6, 6.07) is 14.0. The van der Waals surface area contributed by atoms with Crippen molar-refractivity contribution in [2.45, 2.75) is 6.54 Å². The van der Waals surface area contributed by atoms with Gasteiger partial charge in [0.1, 0.15) is 0 Å². The highest BCUT2D eigenvalue weighted by molar-refractivity contribution is 7.87. The summed E-state index contributed by atoms with van der Waals surface area (Å²) >= 11 is 1.59. The van der Waals surface area contributed by atoms with Gasteiger partial charge in [-0.1, -0.05) is 30.3 Å². The van der Waals surface area contributed by atoms with Crippen molar-refractivity contribution in [1.29, 1.82) is 0 Å². The molecule has 0 radical (unpaired) electrons. The molecule has 1 aromatic heterocycles. The molecule has 2 aromatic rings. The molecule has 1 heterocycles. The van der Waals surface area contributed by atoms with Crippen molar-refractivity contribution in [2.24, 2.45) is 0 Å². The third-order valence-corrected chi connectivity index (χ3v) is 5.23. The van der Waals surface area contributed by atoms with E-state index in [1.54, 1.807) is 11.3 Å². The lowest BCUT2D eigenvalue weighted by atomic mass is 10.2. The smallest absolute Gasteiger partial charge is 0.197 e. The Kier molecular flexibility index (Phi) is 4.36. The standard InChI is InChI=1S/C13H16N2O2S2/c1-15(2)19(16,17)14-10-12-8-9-13(18-12)11-6-4-3-5-7-11/h3-9,14H,10H2,1-2H3. The van der Waals surface area contributed by atoms with E-state index in [0.717, 1.165) is 15.3 Å². The Labute approximate surface area is 117 Å². The molecule has 0 unspecified atom stereocenters. The molecular weight excluding hydrogens is 280 g/mol. The monoisotopic (exact) mass is 296 g/mol. The SMILES string of the molecule is CN(C)S(=O)(=O)NCc1ccc(-c2ccccc2)s1. The first kappa shape index (κ1) is 14.2. The third-order valence-electron chi connectivity index (χ3n) is 2.63. The fourth-order valence-electron chi connectivity index (χ4n) is 1.52. The van der Waals surface area contributed by atoms with Crippen LogP contribution in [0.15, 0.2) is 42.5 Å². The average Bonchev–Trinajstić information content (AvgIpc) is 2.86. The minimum Gasteiger partial charge on any atom is -0.197 e. The molecule has 0 bridgehead atoms. The normalized spacial score (nSPS) is 11.9. The van der Waals surface area contributed by atoms with Crippen LogP contribution in [-0.2, 0) is 16.8 Å². The van der Waals surface area contributed by atoms with Gasteiger partial charge in [-0.25, -0.2) is 0 Å². The molecule has 0 saturated carbocycles. The zero-order valence-corrected chi connectivity index (χ0v) is 12.5. The van der Waals surface area contributed by atoms with Crippen LogP contribution in [0.5, 0.6) is 0 Å². The second kappa shape index (κ2) is 5.83. The summed E-state index contributed by atoms with van der Waals surface area (Å²) in [6.07, 6.45) is 0. The third kappa shape index (κ3) is 3.63. The largest absolute Gasteiger partial charge is 0.279 e. The summed E-state index contributed by atoms with van der Waals surface area (Å²) in [4.78, 5) is 2.13. The maximum absolute atomic E-state index is 11.6. The van der Waals surface area contributed by atoms with E-state index in [4.69, 9.17) is 0 Å². The van der Waals surface area contributed by atoms with Crippen molar-refractivity contribution in [1.82, 2.24) is 9.03 Å². The second-order valence-corrected chi connectivity index (χ2v) is 7.38. The van der Waals surface area contributed by atoms with Crippen LogP contribution in [0.3, 0.4) is 0 Å². The summed E-state index contributed by atoms with van der Waals surface area (Å²) < 4.78 is 26.9. The predicted molar refractivity (Wildman–Crippen MR) is 79.2 cm³/mol. The number of nitrogens with one attached hydrogen (secondary N) is 1. The van der Waals surface area contributed by atoms with Crippen LogP contribution < -0.4 is 4.72 Å². The highest BCUT2D eigenvalue weighted by Gasteiger charge is 2.12. The molecule has 4 nitrogen and oxygen atoms in total. The van der Waals surface area contributed by atoms with Gasteiger partial charge < -0.3 is 0 Å². The van der Waals surface area contributed by atoms with Gasteiger partial charge >= 0.3 is 0 Å². The molecule has 0 fully saturated rings. The molecule has 2 rings (SSSR count). The highest BCUT2D eigenvalue weighted by atomic mass is 32.2. The number of hydrogen-bond acceptors (Lipinski definition) is 3. The Bertz CT molecular complexity index is 634. The van der Waals surface area contributed by atoms with Crippen LogP contribution in [0.25, 0.3) is 10.4 Å². The van der Waals surface area contributed by atoms with E-state index >= 15 is 0 Å². The first-order valence-corrected chi connectivity index (χ1v) is 8.06. The van der Waals surface area contributed by atoms with Crippen molar-refractivity contribution >= 4 is 21.5 Å². The van der Waals surface area contributed by atoms with Crippen molar-refractivity contribution < 1.29 is 8.42 Å². The average molecular weight is 296 g/mol. The van der Waals surface area contributed by atoms with Gasteiger partial charge in [-0.3, -0.25) is 0 Å². The Balaban J connectivity index is 2.07. The molecule has 6 heteroatoms. The molecule has 0 spiro atoms. The molecule has 102 valence electrons. The lowest BCUT2D eigenvalue weighted by Crippen LogP contribution is -2.34. The van der Waals surface area contributed by atoms with E-state index in [-0.39, 0.29) is 0 Å². The van der Waals surface area contributed by atoms with Crippen molar-refractivity contribution in [3.63, 3.8) is 0 Å². The van der Waals surface area contributed by atoms with Gasteiger partial charge in [-0.05, 0) is 17.7 Å². The summed E-state index contributed by atoms with van der Waals surface area (Å²) in [6.45, 7) is 0.317. The molecule has 0 aliphatic rings. The molecule has 19 heavy (non-hydrogen) atoms. The Morgan fingerprint density at radius 2 is 1.79 bits per heavy atom. The summed E-state index contributed by atoms with van der Waals surface area (Å²) in [5, 5.41) is 0. The number of benzene rings is 1. The predicted octanol–water partition coefficient (Wildman–Crippen LogP) is 2.31. The second-order valence-electron chi connectivity index (χ2n) is 4.24. The van der Waals surface area contributed by atoms with Gasteiger partial charge in [0.25, 0.3) is 10.2 Å². The first-order chi connectivity index (χ1) is 8.99. The van der Waals surface area contributed by atoms with Crippen LogP contribution in [0, 0.1) is 0 Å². The molecule has 0 saturated heterocycles.